The molecule has 0 amide bonds. The molecule has 2 nitrogen and oxygen atoms in total. The van der Waals surface area contributed by atoms with Gasteiger partial charge >= 0.3 is 0 Å². The lowest BCUT2D eigenvalue weighted by Crippen LogP contribution is -2.28. The van der Waals surface area contributed by atoms with Gasteiger partial charge in [0.1, 0.15) is 0 Å². The van der Waals surface area contributed by atoms with E-state index in [2.05, 4.69) is 23.3 Å². The standard InChI is InChI=1S/C12H19NOS/c1-10-4-7-15-12(10)9-13(5-6-14)8-11-2-3-11/h4,7,11,14H,2-3,5-6,8-9H2,1H3. The van der Waals surface area contributed by atoms with Crippen LogP contribution < -0.4 is 0 Å². The number of hydrogen-bond acceptors (Lipinski definition) is 3. The number of thiophene rings is 1. The summed E-state index contributed by atoms with van der Waals surface area (Å²) in [6.45, 7) is 5.43. The summed E-state index contributed by atoms with van der Waals surface area (Å²) in [5, 5.41) is 11.2. The van der Waals surface area contributed by atoms with E-state index in [1.54, 1.807) is 0 Å². The summed E-state index contributed by atoms with van der Waals surface area (Å²) in [7, 11) is 0. The van der Waals surface area contributed by atoms with Crippen LogP contribution in [0.25, 0.3) is 0 Å². The van der Waals surface area contributed by atoms with E-state index in [4.69, 9.17) is 5.11 Å². The molecule has 1 N–H and O–H groups in total. The second-order valence-corrected chi connectivity index (χ2v) is 5.43. The minimum atomic E-state index is 0.275. The highest BCUT2D eigenvalue weighted by molar-refractivity contribution is 7.10. The van der Waals surface area contributed by atoms with E-state index in [1.165, 1.54) is 23.3 Å². The summed E-state index contributed by atoms with van der Waals surface area (Å²) in [4.78, 5) is 3.83. The van der Waals surface area contributed by atoms with E-state index < -0.39 is 0 Å². The van der Waals surface area contributed by atoms with Crippen molar-refractivity contribution in [2.24, 2.45) is 5.92 Å². The van der Waals surface area contributed by atoms with Gasteiger partial charge in [0.2, 0.25) is 0 Å². The fourth-order valence-corrected chi connectivity index (χ4v) is 2.76. The molecular weight excluding hydrogens is 206 g/mol. The molecule has 1 aromatic rings. The third-order valence-electron chi connectivity index (χ3n) is 2.96. The number of aliphatic hydroxyl groups is 1. The Labute approximate surface area is 95.5 Å². The molecule has 0 aliphatic heterocycles. The Bertz CT molecular complexity index is 306. The summed E-state index contributed by atoms with van der Waals surface area (Å²) in [5.41, 5.74) is 1.39. The van der Waals surface area contributed by atoms with Crippen LogP contribution in [0.1, 0.15) is 23.3 Å². The SMILES string of the molecule is Cc1ccsc1CN(CCO)CC1CC1. The summed E-state index contributed by atoms with van der Waals surface area (Å²) >= 11 is 1.83. The van der Waals surface area contributed by atoms with Crippen LogP contribution in [0.5, 0.6) is 0 Å². The Balaban J connectivity index is 1.89. The van der Waals surface area contributed by atoms with E-state index >= 15 is 0 Å². The zero-order chi connectivity index (χ0) is 10.7. The Hall–Kier alpha value is -0.380. The zero-order valence-corrected chi connectivity index (χ0v) is 10.1. The van der Waals surface area contributed by atoms with Gasteiger partial charge in [-0.25, -0.2) is 0 Å². The molecule has 1 saturated carbocycles. The van der Waals surface area contributed by atoms with E-state index in [0.29, 0.717) is 0 Å². The molecule has 0 bridgehead atoms. The molecule has 1 aliphatic rings. The fraction of sp³-hybridized carbons (Fsp3) is 0.667. The van der Waals surface area contributed by atoms with Crippen LogP contribution in [0.3, 0.4) is 0 Å². The third-order valence-corrected chi connectivity index (χ3v) is 3.97. The highest BCUT2D eigenvalue weighted by Gasteiger charge is 2.24. The lowest BCUT2D eigenvalue weighted by molar-refractivity contribution is 0.185. The van der Waals surface area contributed by atoms with Crippen molar-refractivity contribution in [3.05, 3.63) is 21.9 Å². The highest BCUT2D eigenvalue weighted by atomic mass is 32.1. The molecule has 1 aliphatic carbocycles. The monoisotopic (exact) mass is 225 g/mol. The maximum absolute atomic E-state index is 9.03. The number of hydrogen-bond donors (Lipinski definition) is 1. The van der Waals surface area contributed by atoms with Gasteiger partial charge in [-0.05, 0) is 42.7 Å². The predicted molar refractivity (Wildman–Crippen MR) is 64.1 cm³/mol. The first-order valence-electron chi connectivity index (χ1n) is 5.66. The van der Waals surface area contributed by atoms with Gasteiger partial charge in [-0.15, -0.1) is 11.3 Å². The number of nitrogens with zero attached hydrogens (tertiary/aromatic N) is 1. The topological polar surface area (TPSA) is 23.5 Å². The Kier molecular flexibility index (Phi) is 3.78. The predicted octanol–water partition coefficient (Wildman–Crippen LogP) is 2.26. The van der Waals surface area contributed by atoms with Crippen molar-refractivity contribution in [1.82, 2.24) is 4.90 Å². The van der Waals surface area contributed by atoms with E-state index in [1.807, 2.05) is 11.3 Å². The minimum Gasteiger partial charge on any atom is -0.395 e. The molecule has 84 valence electrons. The van der Waals surface area contributed by atoms with Gasteiger partial charge in [-0.2, -0.15) is 0 Å². The fourth-order valence-electron chi connectivity index (χ4n) is 1.81. The maximum Gasteiger partial charge on any atom is 0.0558 e. The molecule has 0 radical (unpaired) electrons. The van der Waals surface area contributed by atoms with Gasteiger partial charge in [0.05, 0.1) is 6.61 Å². The average molecular weight is 225 g/mol. The molecule has 1 fully saturated rings. The van der Waals surface area contributed by atoms with Crippen molar-refractivity contribution >= 4 is 11.3 Å². The minimum absolute atomic E-state index is 0.275. The quantitative estimate of drug-likeness (QED) is 0.803. The molecule has 2 rings (SSSR count). The molecule has 0 atom stereocenters. The first-order chi connectivity index (χ1) is 7.29. The Morgan fingerprint density at radius 3 is 2.87 bits per heavy atom. The van der Waals surface area contributed by atoms with Crippen LogP contribution in [0.2, 0.25) is 0 Å². The molecule has 1 heterocycles. The van der Waals surface area contributed by atoms with E-state index in [9.17, 15) is 0 Å². The van der Waals surface area contributed by atoms with Gasteiger partial charge in [-0.3, -0.25) is 4.90 Å². The third kappa shape index (κ3) is 3.30. The Morgan fingerprint density at radius 1 is 1.53 bits per heavy atom. The zero-order valence-electron chi connectivity index (χ0n) is 9.28. The second-order valence-electron chi connectivity index (χ2n) is 4.43. The smallest absolute Gasteiger partial charge is 0.0558 e. The average Bonchev–Trinajstić information content (AvgIpc) is 2.92. The normalized spacial score (nSPS) is 16.2. The molecule has 3 heteroatoms. The largest absolute Gasteiger partial charge is 0.395 e. The number of rotatable bonds is 6. The summed E-state index contributed by atoms with van der Waals surface area (Å²) in [6, 6.07) is 2.17. The van der Waals surface area contributed by atoms with Crippen molar-refractivity contribution in [2.75, 3.05) is 19.7 Å². The summed E-state index contributed by atoms with van der Waals surface area (Å²) in [6.07, 6.45) is 2.76. The van der Waals surface area contributed by atoms with E-state index in [-0.39, 0.29) is 6.61 Å². The molecule has 0 saturated heterocycles. The van der Waals surface area contributed by atoms with Crippen LogP contribution >= 0.6 is 11.3 Å². The summed E-state index contributed by atoms with van der Waals surface area (Å²) in [5.74, 6) is 0.900. The molecule has 0 spiro atoms. The van der Waals surface area contributed by atoms with Gasteiger partial charge in [0, 0.05) is 24.5 Å². The maximum atomic E-state index is 9.03. The van der Waals surface area contributed by atoms with Crippen molar-refractivity contribution < 1.29 is 5.11 Å². The molecule has 0 aromatic carbocycles. The van der Waals surface area contributed by atoms with Gasteiger partial charge in [0.25, 0.3) is 0 Å². The summed E-state index contributed by atoms with van der Waals surface area (Å²) < 4.78 is 0. The van der Waals surface area contributed by atoms with Gasteiger partial charge in [0.15, 0.2) is 0 Å². The van der Waals surface area contributed by atoms with Gasteiger partial charge in [-0.1, -0.05) is 0 Å². The molecule has 1 aromatic heterocycles. The first kappa shape index (κ1) is 11.1. The van der Waals surface area contributed by atoms with Crippen molar-refractivity contribution in [1.29, 1.82) is 0 Å². The lowest BCUT2D eigenvalue weighted by atomic mass is 10.2. The van der Waals surface area contributed by atoms with Crippen LogP contribution in [-0.4, -0.2) is 29.7 Å². The van der Waals surface area contributed by atoms with Crippen molar-refractivity contribution in [2.45, 2.75) is 26.3 Å². The van der Waals surface area contributed by atoms with Crippen LogP contribution in [-0.2, 0) is 6.54 Å². The van der Waals surface area contributed by atoms with Gasteiger partial charge < -0.3 is 5.11 Å². The van der Waals surface area contributed by atoms with E-state index in [0.717, 1.165) is 25.6 Å². The second kappa shape index (κ2) is 5.10. The number of aryl methyl sites for hydroxylation is 1. The first-order valence-corrected chi connectivity index (χ1v) is 6.53. The van der Waals surface area contributed by atoms with Crippen LogP contribution in [0, 0.1) is 12.8 Å². The highest BCUT2D eigenvalue weighted by Crippen LogP contribution is 2.30. The number of aliphatic hydroxyl groups excluding tert-OH is 1. The molecule has 15 heavy (non-hydrogen) atoms. The molecular formula is C12H19NOS. The lowest BCUT2D eigenvalue weighted by Gasteiger charge is -2.20. The Morgan fingerprint density at radius 2 is 2.33 bits per heavy atom. The van der Waals surface area contributed by atoms with Crippen LogP contribution in [0.4, 0.5) is 0 Å². The van der Waals surface area contributed by atoms with Crippen molar-refractivity contribution in [3.8, 4) is 0 Å². The van der Waals surface area contributed by atoms with Crippen LogP contribution in [0.15, 0.2) is 11.4 Å². The van der Waals surface area contributed by atoms with Crippen molar-refractivity contribution in [3.63, 3.8) is 0 Å². The molecule has 0 unspecified atom stereocenters.